The second-order valence-corrected chi connectivity index (χ2v) is 6.05. The Bertz CT molecular complexity index is 421. The molecule has 0 aliphatic heterocycles. The van der Waals surface area contributed by atoms with Gasteiger partial charge in [-0.2, -0.15) is 27.7 Å². The minimum atomic E-state index is -4.26. The third kappa shape index (κ3) is 6.60. The molecule has 1 atom stereocenters. The Morgan fingerprint density at radius 3 is 2.55 bits per heavy atom. The van der Waals surface area contributed by atoms with Crippen molar-refractivity contribution in [3.8, 4) is 6.07 Å². The highest BCUT2D eigenvalue weighted by Crippen LogP contribution is 2.38. The maximum atomic E-state index is 12.0. The topological polar surface area (TPSA) is 63.8 Å². The van der Waals surface area contributed by atoms with Crippen LogP contribution in [-0.2, 0) is 14.1 Å². The summed E-state index contributed by atoms with van der Waals surface area (Å²) in [6.07, 6.45) is -2.95. The number of nitriles is 1. The van der Waals surface area contributed by atoms with Gasteiger partial charge in [0.1, 0.15) is 13.2 Å². The molecule has 10 heteroatoms. The standard InChI is InChI=1S/C12H16ClF3N2O3S/c1-19-18-10-4-2-9(3-5-10)11(13,8-17)20-21-22-7-6-12(14,15)16/h9H,2-7H2,1H3. The Hall–Kier alpha value is -0.690. The molecule has 0 aromatic carbocycles. The van der Waals surface area contributed by atoms with Crippen molar-refractivity contribution >= 4 is 29.4 Å². The van der Waals surface area contributed by atoms with Gasteiger partial charge in [0.25, 0.3) is 5.06 Å². The fraction of sp³-hybridized carbons (Fsp3) is 0.833. The molecule has 1 rings (SSSR count). The first-order valence-corrected chi connectivity index (χ1v) is 7.82. The second kappa shape index (κ2) is 8.82. The van der Waals surface area contributed by atoms with Crippen LogP contribution in [0.1, 0.15) is 32.1 Å². The number of rotatable bonds is 7. The molecule has 0 bridgehead atoms. The van der Waals surface area contributed by atoms with E-state index < -0.39 is 17.7 Å². The van der Waals surface area contributed by atoms with Crippen molar-refractivity contribution in [2.24, 2.45) is 11.1 Å². The van der Waals surface area contributed by atoms with Crippen LogP contribution in [0.5, 0.6) is 0 Å². The summed E-state index contributed by atoms with van der Waals surface area (Å²) in [7, 11) is 1.45. The van der Waals surface area contributed by atoms with E-state index in [1.54, 1.807) is 0 Å². The van der Waals surface area contributed by atoms with Crippen molar-refractivity contribution in [2.75, 3.05) is 12.9 Å². The predicted molar refractivity (Wildman–Crippen MR) is 75.9 cm³/mol. The van der Waals surface area contributed by atoms with Gasteiger partial charge in [-0.3, -0.25) is 0 Å². The number of halogens is 4. The lowest BCUT2D eigenvalue weighted by atomic mass is 9.84. The fourth-order valence-corrected chi connectivity index (χ4v) is 2.81. The van der Waals surface area contributed by atoms with E-state index in [0.29, 0.717) is 37.7 Å². The number of nitrogens with zero attached hydrogens (tertiary/aromatic N) is 2. The van der Waals surface area contributed by atoms with Crippen molar-refractivity contribution in [3.63, 3.8) is 0 Å². The van der Waals surface area contributed by atoms with Gasteiger partial charge >= 0.3 is 6.18 Å². The summed E-state index contributed by atoms with van der Waals surface area (Å²) in [5.74, 6) is -0.643. The van der Waals surface area contributed by atoms with Crippen LogP contribution in [0.3, 0.4) is 0 Å². The van der Waals surface area contributed by atoms with Crippen LogP contribution in [0.4, 0.5) is 13.2 Å². The molecule has 0 radical (unpaired) electrons. The average Bonchev–Trinajstić information content (AvgIpc) is 2.46. The molecular formula is C12H16ClF3N2O3S. The molecule has 22 heavy (non-hydrogen) atoms. The normalized spacial score (nSPS) is 21.8. The van der Waals surface area contributed by atoms with E-state index in [1.165, 1.54) is 7.11 Å². The van der Waals surface area contributed by atoms with Crippen LogP contribution in [0.25, 0.3) is 0 Å². The molecule has 0 amide bonds. The first-order valence-electron chi connectivity index (χ1n) is 6.54. The van der Waals surface area contributed by atoms with E-state index >= 15 is 0 Å². The molecule has 1 unspecified atom stereocenters. The third-order valence-electron chi connectivity index (χ3n) is 3.13. The molecule has 1 aliphatic rings. The minimum absolute atomic E-state index is 0.307. The first-order chi connectivity index (χ1) is 10.3. The number of hydrogen-bond acceptors (Lipinski definition) is 6. The predicted octanol–water partition coefficient (Wildman–Crippen LogP) is 4.19. The Labute approximate surface area is 135 Å². The lowest BCUT2D eigenvalue weighted by Crippen LogP contribution is -2.36. The van der Waals surface area contributed by atoms with Crippen LogP contribution in [-0.4, -0.2) is 29.8 Å². The largest absolute Gasteiger partial charge is 0.399 e. The molecule has 0 N–H and O–H groups in total. The van der Waals surface area contributed by atoms with Gasteiger partial charge in [-0.25, -0.2) is 0 Å². The smallest absolute Gasteiger partial charge is 0.389 e. The highest BCUT2D eigenvalue weighted by molar-refractivity contribution is 7.94. The lowest BCUT2D eigenvalue weighted by molar-refractivity contribution is -0.247. The van der Waals surface area contributed by atoms with E-state index in [9.17, 15) is 13.2 Å². The fourth-order valence-electron chi connectivity index (χ4n) is 1.99. The number of alkyl halides is 4. The van der Waals surface area contributed by atoms with Crippen LogP contribution >= 0.6 is 23.6 Å². The van der Waals surface area contributed by atoms with E-state index in [4.69, 9.17) is 21.8 Å². The molecule has 0 aromatic rings. The summed E-state index contributed by atoms with van der Waals surface area (Å²) >= 11 is 6.55. The number of hydrogen-bond donors (Lipinski definition) is 0. The second-order valence-electron chi connectivity index (χ2n) is 4.71. The molecular weight excluding hydrogens is 345 g/mol. The van der Waals surface area contributed by atoms with E-state index in [2.05, 4.69) is 14.3 Å². The molecule has 126 valence electrons. The Balaban J connectivity index is 2.39. The van der Waals surface area contributed by atoms with Crippen molar-refractivity contribution in [1.29, 1.82) is 5.26 Å². The van der Waals surface area contributed by atoms with Gasteiger partial charge in [-0.05, 0) is 25.7 Å². The lowest BCUT2D eigenvalue weighted by Gasteiger charge is -2.30. The Morgan fingerprint density at radius 2 is 2.05 bits per heavy atom. The van der Waals surface area contributed by atoms with Gasteiger partial charge in [0, 0.05) is 23.7 Å². The monoisotopic (exact) mass is 360 g/mol. The zero-order chi connectivity index (χ0) is 16.6. The molecule has 1 fully saturated rings. The summed E-state index contributed by atoms with van der Waals surface area (Å²) in [5, 5.41) is 11.3. The van der Waals surface area contributed by atoms with Crippen molar-refractivity contribution < 1.29 is 27.2 Å². The van der Waals surface area contributed by atoms with E-state index in [1.807, 2.05) is 6.07 Å². The molecule has 0 heterocycles. The number of oxime groups is 1. The van der Waals surface area contributed by atoms with Gasteiger partial charge < -0.3 is 4.84 Å². The average molecular weight is 361 g/mol. The van der Waals surface area contributed by atoms with Crippen molar-refractivity contribution in [1.82, 2.24) is 0 Å². The molecule has 0 spiro atoms. The van der Waals surface area contributed by atoms with Crippen LogP contribution in [0.2, 0.25) is 0 Å². The summed E-state index contributed by atoms with van der Waals surface area (Å²) in [6, 6.07) is 1.81. The highest BCUT2D eigenvalue weighted by Gasteiger charge is 2.42. The van der Waals surface area contributed by atoms with E-state index in [0.717, 1.165) is 5.71 Å². The molecule has 1 saturated carbocycles. The zero-order valence-corrected chi connectivity index (χ0v) is 13.4. The van der Waals surface area contributed by atoms with Crippen molar-refractivity contribution in [2.45, 2.75) is 43.3 Å². The summed E-state index contributed by atoms with van der Waals surface area (Å²) in [5.41, 5.74) is 0.871. The molecule has 0 aromatic heterocycles. The highest BCUT2D eigenvalue weighted by atomic mass is 35.5. The maximum absolute atomic E-state index is 12.0. The van der Waals surface area contributed by atoms with Crippen molar-refractivity contribution in [3.05, 3.63) is 0 Å². The van der Waals surface area contributed by atoms with Gasteiger partial charge in [0.2, 0.25) is 0 Å². The Morgan fingerprint density at radius 1 is 1.41 bits per heavy atom. The zero-order valence-electron chi connectivity index (χ0n) is 11.9. The van der Waals surface area contributed by atoms with Gasteiger partial charge in [0.15, 0.2) is 0 Å². The van der Waals surface area contributed by atoms with Crippen LogP contribution in [0.15, 0.2) is 5.16 Å². The molecule has 5 nitrogen and oxygen atoms in total. The van der Waals surface area contributed by atoms with Gasteiger partial charge in [-0.15, -0.1) is 0 Å². The summed E-state index contributed by atoms with van der Waals surface area (Å²) in [6.45, 7) is 0. The molecule has 0 saturated heterocycles. The van der Waals surface area contributed by atoms with Crippen LogP contribution < -0.4 is 0 Å². The summed E-state index contributed by atoms with van der Waals surface area (Å²) < 4.78 is 40.5. The Kier molecular flexibility index (Phi) is 7.76. The van der Waals surface area contributed by atoms with Crippen LogP contribution in [0, 0.1) is 17.2 Å². The van der Waals surface area contributed by atoms with Gasteiger partial charge in [-0.1, -0.05) is 16.8 Å². The maximum Gasteiger partial charge on any atom is 0.389 e. The minimum Gasteiger partial charge on any atom is -0.399 e. The first kappa shape index (κ1) is 19.4. The third-order valence-corrected chi connectivity index (χ3v) is 4.12. The van der Waals surface area contributed by atoms with Gasteiger partial charge in [0.05, 0.1) is 12.1 Å². The van der Waals surface area contributed by atoms with E-state index in [-0.39, 0.29) is 11.7 Å². The molecule has 1 aliphatic carbocycles. The SMILES string of the molecule is CON=C1CCC(C(Cl)(C#N)OOSCCC(F)(F)F)CC1. The quantitative estimate of drug-likeness (QED) is 0.224. The summed E-state index contributed by atoms with van der Waals surface area (Å²) in [4.78, 5) is 9.54.